The molecule has 0 saturated carbocycles. The summed E-state index contributed by atoms with van der Waals surface area (Å²) in [5.74, 6) is 1.02. The molecule has 1 heterocycles. The molecule has 0 aliphatic carbocycles. The van der Waals surface area contributed by atoms with Crippen molar-refractivity contribution < 1.29 is 14.3 Å². The van der Waals surface area contributed by atoms with Crippen LogP contribution in [0.3, 0.4) is 0 Å². The van der Waals surface area contributed by atoms with Crippen molar-refractivity contribution in [1.82, 2.24) is 4.98 Å². The average Bonchev–Trinajstić information content (AvgIpc) is 3.22. The van der Waals surface area contributed by atoms with Gasteiger partial charge in [-0.3, -0.25) is 10.1 Å². The highest BCUT2D eigenvalue weighted by atomic mass is 32.1. The van der Waals surface area contributed by atoms with Crippen molar-refractivity contribution in [2.75, 3.05) is 12.4 Å². The standard InChI is InChI=1S/C28H26N2O3S/c1-19-9-7-8-12-23(19)18-33-24-15-13-21(17-25(24)32-3)14-16-26(31)29-28-30-27(20(2)34-28)22-10-5-4-6-11-22/h4-17H,18H2,1-3H3,(H,29,30,31)/b16-14+. The van der Waals surface area contributed by atoms with Crippen LogP contribution in [0.5, 0.6) is 11.5 Å². The first-order valence-electron chi connectivity index (χ1n) is 10.9. The van der Waals surface area contributed by atoms with Gasteiger partial charge in [0.15, 0.2) is 16.6 Å². The highest BCUT2D eigenvalue weighted by Crippen LogP contribution is 2.31. The number of rotatable bonds is 8. The summed E-state index contributed by atoms with van der Waals surface area (Å²) in [4.78, 5) is 18.1. The highest BCUT2D eigenvalue weighted by Gasteiger charge is 2.11. The maximum absolute atomic E-state index is 12.5. The van der Waals surface area contributed by atoms with Crippen LogP contribution in [-0.4, -0.2) is 18.0 Å². The second-order valence-corrected chi connectivity index (χ2v) is 8.94. The molecule has 34 heavy (non-hydrogen) atoms. The van der Waals surface area contributed by atoms with E-state index in [2.05, 4.69) is 23.3 Å². The largest absolute Gasteiger partial charge is 0.493 e. The predicted octanol–water partition coefficient (Wildman–Crippen LogP) is 6.67. The molecule has 0 spiro atoms. The second-order valence-electron chi connectivity index (χ2n) is 7.74. The SMILES string of the molecule is COc1cc(/C=C/C(=O)Nc2nc(-c3ccccc3)c(C)s2)ccc1OCc1ccccc1C. The number of amides is 1. The fourth-order valence-electron chi connectivity index (χ4n) is 3.47. The summed E-state index contributed by atoms with van der Waals surface area (Å²) in [6.07, 6.45) is 3.23. The molecule has 0 aliphatic heterocycles. The van der Waals surface area contributed by atoms with Crippen LogP contribution in [0.1, 0.15) is 21.6 Å². The van der Waals surface area contributed by atoms with Crippen LogP contribution < -0.4 is 14.8 Å². The maximum Gasteiger partial charge on any atom is 0.250 e. The number of aryl methyl sites for hydroxylation is 2. The molecule has 0 saturated heterocycles. The van der Waals surface area contributed by atoms with E-state index < -0.39 is 0 Å². The molecule has 0 fully saturated rings. The summed E-state index contributed by atoms with van der Waals surface area (Å²) in [5.41, 5.74) is 5.05. The van der Waals surface area contributed by atoms with E-state index in [9.17, 15) is 4.79 Å². The lowest BCUT2D eigenvalue weighted by Gasteiger charge is -2.12. The predicted molar refractivity (Wildman–Crippen MR) is 138 cm³/mol. The van der Waals surface area contributed by atoms with Crippen molar-refractivity contribution in [1.29, 1.82) is 0 Å². The van der Waals surface area contributed by atoms with Crippen molar-refractivity contribution in [3.63, 3.8) is 0 Å². The molecular formula is C28H26N2O3S. The number of nitrogens with zero attached hydrogens (tertiary/aromatic N) is 1. The Morgan fingerprint density at radius 3 is 2.53 bits per heavy atom. The lowest BCUT2D eigenvalue weighted by molar-refractivity contribution is -0.111. The van der Waals surface area contributed by atoms with Crippen molar-refractivity contribution in [2.24, 2.45) is 0 Å². The van der Waals surface area contributed by atoms with Gasteiger partial charge in [-0.25, -0.2) is 4.98 Å². The maximum atomic E-state index is 12.5. The van der Waals surface area contributed by atoms with Gasteiger partial charge >= 0.3 is 0 Å². The van der Waals surface area contributed by atoms with E-state index in [-0.39, 0.29) is 5.91 Å². The topological polar surface area (TPSA) is 60.5 Å². The Labute approximate surface area is 203 Å². The number of carbonyl (C=O) groups excluding carboxylic acids is 1. The van der Waals surface area contributed by atoms with Crippen molar-refractivity contribution in [2.45, 2.75) is 20.5 Å². The van der Waals surface area contributed by atoms with Gasteiger partial charge < -0.3 is 9.47 Å². The normalized spacial score (nSPS) is 10.9. The Kier molecular flexibility index (Phi) is 7.40. The Morgan fingerprint density at radius 1 is 1.00 bits per heavy atom. The minimum Gasteiger partial charge on any atom is -0.493 e. The third-order valence-electron chi connectivity index (χ3n) is 5.33. The fourth-order valence-corrected chi connectivity index (χ4v) is 4.31. The molecule has 4 rings (SSSR count). The molecule has 3 aromatic carbocycles. The number of carbonyl (C=O) groups is 1. The first kappa shape index (κ1) is 23.3. The van der Waals surface area contributed by atoms with Crippen LogP contribution in [-0.2, 0) is 11.4 Å². The second kappa shape index (κ2) is 10.8. The molecule has 5 nitrogen and oxygen atoms in total. The number of benzene rings is 3. The Hall–Kier alpha value is -3.90. The molecule has 1 aromatic heterocycles. The zero-order valence-corrected chi connectivity index (χ0v) is 20.2. The molecular weight excluding hydrogens is 444 g/mol. The lowest BCUT2D eigenvalue weighted by Crippen LogP contribution is -2.07. The lowest BCUT2D eigenvalue weighted by atomic mass is 10.1. The zero-order valence-electron chi connectivity index (χ0n) is 19.4. The van der Waals surface area contributed by atoms with Gasteiger partial charge in [0.25, 0.3) is 0 Å². The molecule has 0 bridgehead atoms. The number of aromatic nitrogens is 1. The van der Waals surface area contributed by atoms with Gasteiger partial charge in [0, 0.05) is 16.5 Å². The number of hydrogen-bond donors (Lipinski definition) is 1. The Morgan fingerprint density at radius 2 is 1.76 bits per heavy atom. The Bertz CT molecular complexity index is 1310. The number of methoxy groups -OCH3 is 1. The van der Waals surface area contributed by atoms with Gasteiger partial charge in [-0.15, -0.1) is 11.3 Å². The van der Waals surface area contributed by atoms with Crippen LogP contribution >= 0.6 is 11.3 Å². The van der Waals surface area contributed by atoms with Crippen LogP contribution in [0, 0.1) is 13.8 Å². The fraction of sp³-hybridized carbons (Fsp3) is 0.143. The number of hydrogen-bond acceptors (Lipinski definition) is 5. The van der Waals surface area contributed by atoms with Gasteiger partial charge in [0.1, 0.15) is 6.61 Å². The molecule has 1 amide bonds. The summed E-state index contributed by atoms with van der Waals surface area (Å²) < 4.78 is 11.5. The summed E-state index contributed by atoms with van der Waals surface area (Å²) in [6, 6.07) is 23.6. The van der Waals surface area contributed by atoms with Crippen LogP contribution in [0.4, 0.5) is 5.13 Å². The van der Waals surface area contributed by atoms with E-state index in [1.54, 1.807) is 13.2 Å². The molecule has 4 aromatic rings. The monoisotopic (exact) mass is 470 g/mol. The molecule has 0 unspecified atom stereocenters. The molecule has 0 radical (unpaired) electrons. The third-order valence-corrected chi connectivity index (χ3v) is 6.22. The molecule has 0 atom stereocenters. The molecule has 172 valence electrons. The van der Waals surface area contributed by atoms with Gasteiger partial charge in [0.05, 0.1) is 12.8 Å². The number of nitrogens with one attached hydrogen (secondary N) is 1. The number of ether oxygens (including phenoxy) is 2. The Balaban J connectivity index is 1.40. The highest BCUT2D eigenvalue weighted by molar-refractivity contribution is 7.16. The van der Waals surface area contributed by atoms with E-state index in [0.29, 0.717) is 23.2 Å². The van der Waals surface area contributed by atoms with E-state index in [1.165, 1.54) is 23.0 Å². The van der Waals surface area contributed by atoms with Gasteiger partial charge in [-0.05, 0) is 48.7 Å². The summed E-state index contributed by atoms with van der Waals surface area (Å²) in [7, 11) is 1.60. The summed E-state index contributed by atoms with van der Waals surface area (Å²) >= 11 is 1.46. The minimum absolute atomic E-state index is 0.243. The molecule has 6 heteroatoms. The summed E-state index contributed by atoms with van der Waals surface area (Å²) in [6.45, 7) is 4.52. The van der Waals surface area contributed by atoms with Crippen LogP contribution in [0.25, 0.3) is 17.3 Å². The van der Waals surface area contributed by atoms with Gasteiger partial charge in [-0.1, -0.05) is 60.7 Å². The third kappa shape index (κ3) is 5.71. The average molecular weight is 471 g/mol. The molecule has 0 aliphatic rings. The van der Waals surface area contributed by atoms with Gasteiger partial charge in [0.2, 0.25) is 5.91 Å². The first-order valence-corrected chi connectivity index (χ1v) is 11.7. The van der Waals surface area contributed by atoms with Crippen molar-refractivity contribution in [3.8, 4) is 22.8 Å². The minimum atomic E-state index is -0.243. The van der Waals surface area contributed by atoms with Crippen molar-refractivity contribution in [3.05, 3.63) is 100 Å². The first-order chi connectivity index (χ1) is 16.5. The zero-order chi connectivity index (χ0) is 23.9. The van der Waals surface area contributed by atoms with Crippen LogP contribution in [0.2, 0.25) is 0 Å². The molecule has 1 N–H and O–H groups in total. The van der Waals surface area contributed by atoms with Crippen LogP contribution in [0.15, 0.2) is 78.9 Å². The van der Waals surface area contributed by atoms with E-state index in [4.69, 9.17) is 9.47 Å². The number of thiazole rings is 1. The van der Waals surface area contributed by atoms with E-state index in [0.717, 1.165) is 27.3 Å². The van der Waals surface area contributed by atoms with E-state index >= 15 is 0 Å². The smallest absolute Gasteiger partial charge is 0.250 e. The summed E-state index contributed by atoms with van der Waals surface area (Å²) in [5, 5.41) is 3.43. The van der Waals surface area contributed by atoms with E-state index in [1.807, 2.05) is 73.7 Å². The number of anilines is 1. The van der Waals surface area contributed by atoms with Gasteiger partial charge in [-0.2, -0.15) is 0 Å². The van der Waals surface area contributed by atoms with Crippen molar-refractivity contribution >= 4 is 28.5 Å². The quantitative estimate of drug-likeness (QED) is 0.292.